The van der Waals surface area contributed by atoms with Crippen molar-refractivity contribution in [3.8, 4) is 5.69 Å². The number of benzene rings is 1. The zero-order valence-corrected chi connectivity index (χ0v) is 13.8. The van der Waals surface area contributed by atoms with Crippen LogP contribution in [-0.4, -0.2) is 49.1 Å². The molecule has 3 heterocycles. The first-order valence-electron chi connectivity index (χ1n) is 8.51. The van der Waals surface area contributed by atoms with E-state index in [0.717, 1.165) is 19.6 Å². The number of hydrogen-bond acceptors (Lipinski definition) is 5. The van der Waals surface area contributed by atoms with Gasteiger partial charge >= 0.3 is 0 Å². The Labute approximate surface area is 143 Å². The topological polar surface area (TPSA) is 68.8 Å². The molecule has 1 aromatic carbocycles. The Morgan fingerprint density at radius 1 is 1.12 bits per heavy atom. The Kier molecular flexibility index (Phi) is 4.27. The van der Waals surface area contributed by atoms with Crippen LogP contribution in [0.1, 0.15) is 19.3 Å². The second-order valence-electron chi connectivity index (χ2n) is 6.30. The van der Waals surface area contributed by atoms with E-state index in [2.05, 4.69) is 20.2 Å². The summed E-state index contributed by atoms with van der Waals surface area (Å²) in [5.74, 6) is -0.379. The lowest BCUT2D eigenvalue weighted by atomic mass is 10.1. The molecule has 4 rings (SSSR count). The number of halogens is 1. The molecule has 8 heteroatoms. The van der Waals surface area contributed by atoms with E-state index in [9.17, 15) is 9.18 Å². The van der Waals surface area contributed by atoms with Gasteiger partial charge in [-0.25, -0.2) is 9.37 Å². The highest BCUT2D eigenvalue weighted by atomic mass is 19.1. The van der Waals surface area contributed by atoms with E-state index in [4.69, 9.17) is 0 Å². The number of rotatable bonds is 4. The first-order valence-corrected chi connectivity index (χ1v) is 8.51. The average molecular weight is 342 g/mol. The Bertz CT molecular complexity index is 944. The molecule has 130 valence electrons. The van der Waals surface area contributed by atoms with Gasteiger partial charge in [0.15, 0.2) is 11.2 Å². The van der Waals surface area contributed by atoms with Gasteiger partial charge in [0.2, 0.25) is 0 Å². The summed E-state index contributed by atoms with van der Waals surface area (Å²) in [7, 11) is 0. The fraction of sp³-hybridized carbons (Fsp3) is 0.412. The lowest BCUT2D eigenvalue weighted by Gasteiger charge is -2.26. The third kappa shape index (κ3) is 3.17. The van der Waals surface area contributed by atoms with Crippen molar-refractivity contribution in [3.63, 3.8) is 0 Å². The van der Waals surface area contributed by atoms with Crippen molar-refractivity contribution in [1.29, 1.82) is 0 Å². The summed E-state index contributed by atoms with van der Waals surface area (Å²) in [5, 5.41) is 7.93. The van der Waals surface area contributed by atoms with Crippen molar-refractivity contribution in [2.45, 2.75) is 25.8 Å². The van der Waals surface area contributed by atoms with Crippen molar-refractivity contribution in [1.82, 2.24) is 29.4 Å². The zero-order valence-electron chi connectivity index (χ0n) is 13.8. The average Bonchev–Trinajstić information content (AvgIpc) is 3.07. The highest BCUT2D eigenvalue weighted by molar-refractivity contribution is 5.70. The molecule has 25 heavy (non-hydrogen) atoms. The maximum absolute atomic E-state index is 13.4. The first-order chi connectivity index (χ1) is 12.2. The number of hydrogen-bond donors (Lipinski definition) is 0. The monoisotopic (exact) mass is 342 g/mol. The maximum Gasteiger partial charge on any atom is 0.283 e. The molecule has 1 aliphatic heterocycles. The molecule has 0 saturated carbocycles. The van der Waals surface area contributed by atoms with Crippen LogP contribution in [0, 0.1) is 5.82 Å². The van der Waals surface area contributed by atoms with Gasteiger partial charge < -0.3 is 4.90 Å². The van der Waals surface area contributed by atoms with E-state index >= 15 is 0 Å². The molecule has 0 unspecified atom stereocenters. The normalized spacial score (nSPS) is 15.7. The summed E-state index contributed by atoms with van der Waals surface area (Å²) < 4.78 is 16.4. The minimum absolute atomic E-state index is 0.199. The van der Waals surface area contributed by atoms with Crippen LogP contribution in [0.3, 0.4) is 0 Å². The lowest BCUT2D eigenvalue weighted by molar-refractivity contribution is 0.220. The largest absolute Gasteiger partial charge is 0.302 e. The molecule has 0 aliphatic carbocycles. The molecule has 2 aromatic heterocycles. The third-order valence-electron chi connectivity index (χ3n) is 4.59. The van der Waals surface area contributed by atoms with Gasteiger partial charge in [0.05, 0.1) is 5.69 Å². The summed E-state index contributed by atoms with van der Waals surface area (Å²) in [6.07, 6.45) is 5.24. The van der Waals surface area contributed by atoms with Crippen LogP contribution in [0.5, 0.6) is 0 Å². The van der Waals surface area contributed by atoms with Gasteiger partial charge in [0.1, 0.15) is 12.1 Å². The van der Waals surface area contributed by atoms with Crippen LogP contribution < -0.4 is 5.56 Å². The van der Waals surface area contributed by atoms with Crippen LogP contribution in [-0.2, 0) is 6.54 Å². The standard InChI is InChI=1S/C17H19FN6O/c18-13-5-4-6-14(11-13)24-16-15(20-21-24)17(25)23(12-19-16)10-9-22-7-2-1-3-8-22/h4-6,11-12H,1-3,7-10H2. The molecule has 1 fully saturated rings. The van der Waals surface area contributed by atoms with Gasteiger partial charge in [-0.3, -0.25) is 9.36 Å². The zero-order chi connectivity index (χ0) is 17.2. The van der Waals surface area contributed by atoms with Crippen LogP contribution in [0.25, 0.3) is 16.9 Å². The first kappa shape index (κ1) is 15.9. The molecule has 1 saturated heterocycles. The minimum atomic E-state index is -0.379. The predicted molar refractivity (Wildman–Crippen MR) is 91.2 cm³/mol. The van der Waals surface area contributed by atoms with Crippen molar-refractivity contribution in [3.05, 3.63) is 46.8 Å². The van der Waals surface area contributed by atoms with Crippen molar-refractivity contribution in [2.75, 3.05) is 19.6 Å². The highest BCUT2D eigenvalue weighted by Gasteiger charge is 2.15. The Balaban J connectivity index is 1.62. The summed E-state index contributed by atoms with van der Waals surface area (Å²) in [4.78, 5) is 19.3. The van der Waals surface area contributed by atoms with Crippen molar-refractivity contribution < 1.29 is 4.39 Å². The van der Waals surface area contributed by atoms with Crippen LogP contribution in [0.4, 0.5) is 4.39 Å². The van der Waals surface area contributed by atoms with E-state index in [1.165, 1.54) is 42.4 Å². The maximum atomic E-state index is 13.4. The molecular weight excluding hydrogens is 323 g/mol. The van der Waals surface area contributed by atoms with E-state index in [1.54, 1.807) is 16.7 Å². The SMILES string of the molecule is O=c1c2nnn(-c3cccc(F)c3)c2ncn1CCN1CCCCC1. The molecule has 0 atom stereocenters. The number of piperidine rings is 1. The van der Waals surface area contributed by atoms with Crippen LogP contribution in [0.15, 0.2) is 35.4 Å². The van der Waals surface area contributed by atoms with Gasteiger partial charge in [0.25, 0.3) is 5.56 Å². The highest BCUT2D eigenvalue weighted by Crippen LogP contribution is 2.13. The summed E-state index contributed by atoms with van der Waals surface area (Å²) in [6, 6.07) is 5.96. The smallest absolute Gasteiger partial charge is 0.283 e. The van der Waals surface area contributed by atoms with Crippen molar-refractivity contribution in [2.24, 2.45) is 0 Å². The number of fused-ring (bicyclic) bond motifs is 1. The van der Waals surface area contributed by atoms with E-state index in [1.807, 2.05) is 0 Å². The van der Waals surface area contributed by atoms with E-state index in [-0.39, 0.29) is 16.9 Å². The molecule has 0 amide bonds. The van der Waals surface area contributed by atoms with E-state index < -0.39 is 0 Å². The summed E-state index contributed by atoms with van der Waals surface area (Å²) in [6.45, 7) is 3.57. The van der Waals surface area contributed by atoms with E-state index in [0.29, 0.717) is 17.9 Å². The fourth-order valence-corrected chi connectivity index (χ4v) is 3.22. The second kappa shape index (κ2) is 6.72. The van der Waals surface area contributed by atoms with Gasteiger partial charge in [-0.15, -0.1) is 5.10 Å². The van der Waals surface area contributed by atoms with Gasteiger partial charge in [-0.2, -0.15) is 4.68 Å². The Hall–Kier alpha value is -2.61. The number of aromatic nitrogens is 5. The molecule has 0 radical (unpaired) electrons. The molecule has 3 aromatic rings. The Morgan fingerprint density at radius 3 is 2.76 bits per heavy atom. The fourth-order valence-electron chi connectivity index (χ4n) is 3.22. The lowest BCUT2D eigenvalue weighted by Crippen LogP contribution is -2.34. The second-order valence-corrected chi connectivity index (χ2v) is 6.30. The van der Waals surface area contributed by atoms with Crippen LogP contribution >= 0.6 is 0 Å². The molecule has 0 bridgehead atoms. The van der Waals surface area contributed by atoms with Gasteiger partial charge in [-0.05, 0) is 44.1 Å². The van der Waals surface area contributed by atoms with Gasteiger partial charge in [0, 0.05) is 13.1 Å². The minimum Gasteiger partial charge on any atom is -0.302 e. The third-order valence-corrected chi connectivity index (χ3v) is 4.59. The predicted octanol–water partition coefficient (Wildman–Crippen LogP) is 1.60. The molecule has 1 aliphatic rings. The molecular formula is C17H19FN6O. The Morgan fingerprint density at radius 2 is 1.96 bits per heavy atom. The number of nitrogens with zero attached hydrogens (tertiary/aromatic N) is 6. The molecule has 7 nitrogen and oxygen atoms in total. The van der Waals surface area contributed by atoms with Crippen molar-refractivity contribution >= 4 is 11.2 Å². The quantitative estimate of drug-likeness (QED) is 0.720. The summed E-state index contributed by atoms with van der Waals surface area (Å²) in [5.41, 5.74) is 0.806. The molecule has 0 spiro atoms. The van der Waals surface area contributed by atoms with Gasteiger partial charge in [-0.1, -0.05) is 17.7 Å². The molecule has 0 N–H and O–H groups in total. The summed E-state index contributed by atoms with van der Waals surface area (Å²) >= 11 is 0. The van der Waals surface area contributed by atoms with Crippen LogP contribution in [0.2, 0.25) is 0 Å². The number of likely N-dealkylation sites (tertiary alicyclic amines) is 1.